The van der Waals surface area contributed by atoms with Gasteiger partial charge in [0.15, 0.2) is 5.69 Å². The number of nitrogens with zero attached hydrogens (tertiary/aromatic N) is 4. The molecule has 0 amide bonds. The first-order valence-electron chi connectivity index (χ1n) is 9.19. The molecule has 0 saturated heterocycles. The van der Waals surface area contributed by atoms with Crippen molar-refractivity contribution in [2.75, 3.05) is 6.61 Å². The predicted octanol–water partition coefficient (Wildman–Crippen LogP) is 5.98. The Morgan fingerprint density at radius 1 is 1.06 bits per heavy atom. The van der Waals surface area contributed by atoms with Crippen LogP contribution in [0, 0.1) is 0 Å². The number of azo groups is 1. The van der Waals surface area contributed by atoms with E-state index in [9.17, 15) is 9.59 Å². The Morgan fingerprint density at radius 3 is 2.38 bits per heavy atom. The first-order valence-corrected chi connectivity index (χ1v) is 10.8. The summed E-state index contributed by atoms with van der Waals surface area (Å²) in [4.78, 5) is 22.0. The molecule has 1 aromatic heterocycles. The van der Waals surface area contributed by atoms with Crippen molar-refractivity contribution in [3.63, 3.8) is 0 Å². The summed E-state index contributed by atoms with van der Waals surface area (Å²) in [5.41, 5.74) is 0.973. The van der Waals surface area contributed by atoms with Gasteiger partial charge in [0.2, 0.25) is 5.70 Å². The van der Waals surface area contributed by atoms with Crippen molar-refractivity contribution in [1.29, 1.82) is 0 Å². The monoisotopic (exact) mass is 564 g/mol. The molecule has 0 saturated carbocycles. The second-order valence-electron chi connectivity index (χ2n) is 6.06. The summed E-state index contributed by atoms with van der Waals surface area (Å²) >= 11 is 6.59. The van der Waals surface area contributed by atoms with E-state index in [0.29, 0.717) is 23.9 Å². The average Bonchev–Trinajstić information content (AvgIpc) is 2.79. The van der Waals surface area contributed by atoms with Crippen molar-refractivity contribution >= 4 is 60.4 Å². The molecule has 0 aliphatic carbocycles. The number of carboxylic acid groups (broad SMARTS) is 1. The summed E-state index contributed by atoms with van der Waals surface area (Å²) in [5, 5.41) is 33.2. The molecular formula is C21H18Br2N4O5. The van der Waals surface area contributed by atoms with Crippen LogP contribution in [0.5, 0.6) is 0 Å². The Hall–Kier alpha value is -3.18. The highest BCUT2D eigenvalue weighted by atomic mass is 79.9. The van der Waals surface area contributed by atoms with Gasteiger partial charge in [-0.15, -0.1) is 15.3 Å². The van der Waals surface area contributed by atoms with Crippen molar-refractivity contribution in [3.05, 3.63) is 75.1 Å². The number of benzene rings is 2. The zero-order chi connectivity index (χ0) is 23.5. The van der Waals surface area contributed by atoms with Gasteiger partial charge in [0.1, 0.15) is 6.26 Å². The van der Waals surface area contributed by atoms with Gasteiger partial charge in [-0.3, -0.25) is 0 Å². The van der Waals surface area contributed by atoms with Crippen LogP contribution in [0.2, 0.25) is 0 Å². The minimum Gasteiger partial charge on any atom is -0.513 e. The van der Waals surface area contributed by atoms with Crippen LogP contribution in [0.3, 0.4) is 0 Å². The van der Waals surface area contributed by atoms with E-state index in [0.717, 1.165) is 14.3 Å². The fourth-order valence-corrected chi connectivity index (χ4v) is 2.77. The van der Waals surface area contributed by atoms with Gasteiger partial charge in [-0.25, -0.2) is 9.59 Å². The van der Waals surface area contributed by atoms with Gasteiger partial charge in [-0.2, -0.15) is 5.11 Å². The molecule has 2 N–H and O–H groups in total. The Morgan fingerprint density at radius 2 is 1.75 bits per heavy atom. The highest BCUT2D eigenvalue weighted by Gasteiger charge is 2.10. The number of aromatic nitrogens is 2. The Kier molecular flexibility index (Phi) is 9.89. The number of fused-ring (bicyclic) bond motifs is 1. The summed E-state index contributed by atoms with van der Waals surface area (Å²) in [5.74, 6) is -1.76. The Labute approximate surface area is 200 Å². The van der Waals surface area contributed by atoms with E-state index in [4.69, 9.17) is 14.9 Å². The fourth-order valence-electron chi connectivity index (χ4n) is 2.13. The average molecular weight is 566 g/mol. The number of carboxylic acids is 1. The summed E-state index contributed by atoms with van der Waals surface area (Å²) < 4.78 is 6.63. The number of aliphatic hydroxyl groups is 1. The van der Waals surface area contributed by atoms with Gasteiger partial charge in [-0.05, 0) is 55.0 Å². The number of carbonyl (C=O) groups excluding carboxylic acids is 1. The van der Waals surface area contributed by atoms with Crippen LogP contribution in [0.1, 0.15) is 23.8 Å². The lowest BCUT2D eigenvalue weighted by atomic mass is 10.2. The standard InChI is InChI=1S/C12H13BrN2O3.C9H5BrN2O2/c1-2-7-18-12(17)11(8-16)15-14-10-5-3-9(13)4-6-10;10-6-1-2-7-5(3-6)4-8(9(13)14)12-11-7/h3-6,8,16H,2,7H2,1H3;1-4H,(H,13,14)/b11-8+,15-14?;. The van der Waals surface area contributed by atoms with Crippen molar-refractivity contribution in [1.82, 2.24) is 10.2 Å². The summed E-state index contributed by atoms with van der Waals surface area (Å²) in [7, 11) is 0. The van der Waals surface area contributed by atoms with E-state index in [1.54, 1.807) is 36.4 Å². The molecule has 2 aromatic carbocycles. The summed E-state index contributed by atoms with van der Waals surface area (Å²) in [6, 6.07) is 13.9. The van der Waals surface area contributed by atoms with E-state index in [2.05, 4.69) is 52.3 Å². The zero-order valence-corrected chi connectivity index (χ0v) is 19.9. The van der Waals surface area contributed by atoms with Crippen LogP contribution in [0.15, 0.2) is 79.7 Å². The van der Waals surface area contributed by atoms with Gasteiger partial charge < -0.3 is 14.9 Å². The minimum atomic E-state index is -1.07. The van der Waals surface area contributed by atoms with Crippen molar-refractivity contribution in [2.24, 2.45) is 10.2 Å². The van der Waals surface area contributed by atoms with E-state index >= 15 is 0 Å². The molecule has 3 rings (SSSR count). The first kappa shape index (κ1) is 25.1. The smallest absolute Gasteiger partial charge is 0.362 e. The van der Waals surface area contributed by atoms with Gasteiger partial charge in [0.05, 0.1) is 17.8 Å². The van der Waals surface area contributed by atoms with Crippen molar-refractivity contribution in [2.45, 2.75) is 13.3 Å². The molecule has 0 aliphatic rings. The number of esters is 1. The van der Waals surface area contributed by atoms with Crippen LogP contribution in [-0.2, 0) is 9.53 Å². The van der Waals surface area contributed by atoms with Crippen LogP contribution in [0.4, 0.5) is 5.69 Å². The molecule has 11 heteroatoms. The first-order chi connectivity index (χ1) is 15.3. The third kappa shape index (κ3) is 7.82. The zero-order valence-electron chi connectivity index (χ0n) is 16.8. The largest absolute Gasteiger partial charge is 0.513 e. The topological polar surface area (TPSA) is 134 Å². The maximum atomic E-state index is 11.4. The molecule has 0 fully saturated rings. The second-order valence-corrected chi connectivity index (χ2v) is 7.90. The van der Waals surface area contributed by atoms with E-state index in [1.807, 2.05) is 13.0 Å². The van der Waals surface area contributed by atoms with Crippen LogP contribution < -0.4 is 0 Å². The number of hydrogen-bond donors (Lipinski definition) is 2. The van der Waals surface area contributed by atoms with Gasteiger partial charge in [0.25, 0.3) is 0 Å². The summed E-state index contributed by atoms with van der Waals surface area (Å²) in [6.45, 7) is 2.16. The molecule has 166 valence electrons. The number of rotatable bonds is 6. The maximum Gasteiger partial charge on any atom is 0.362 e. The number of aromatic carboxylic acids is 1. The molecule has 3 aromatic rings. The van der Waals surface area contributed by atoms with Crippen molar-refractivity contribution in [3.8, 4) is 0 Å². The highest BCUT2D eigenvalue weighted by Crippen LogP contribution is 2.19. The van der Waals surface area contributed by atoms with Gasteiger partial charge in [-0.1, -0.05) is 38.8 Å². The Balaban J connectivity index is 0.000000233. The molecule has 0 aliphatic heterocycles. The molecule has 0 unspecified atom stereocenters. The van der Waals surface area contributed by atoms with E-state index in [-0.39, 0.29) is 18.0 Å². The number of ether oxygens (including phenoxy) is 1. The van der Waals surface area contributed by atoms with Crippen molar-refractivity contribution < 1.29 is 24.5 Å². The molecular weight excluding hydrogens is 548 g/mol. The molecule has 32 heavy (non-hydrogen) atoms. The third-order valence-electron chi connectivity index (χ3n) is 3.63. The fraction of sp³-hybridized carbons (Fsp3) is 0.143. The minimum absolute atomic E-state index is 0.0457. The van der Waals surface area contributed by atoms with Gasteiger partial charge >= 0.3 is 11.9 Å². The normalized spacial score (nSPS) is 11.2. The van der Waals surface area contributed by atoms with E-state index in [1.165, 1.54) is 6.07 Å². The molecule has 1 heterocycles. The molecule has 0 bridgehead atoms. The quantitative estimate of drug-likeness (QED) is 0.162. The summed E-state index contributed by atoms with van der Waals surface area (Å²) in [6.07, 6.45) is 1.29. The van der Waals surface area contributed by atoms with E-state index < -0.39 is 11.9 Å². The third-order valence-corrected chi connectivity index (χ3v) is 4.66. The lowest BCUT2D eigenvalue weighted by Gasteiger charge is -2.00. The molecule has 0 spiro atoms. The number of hydrogen-bond acceptors (Lipinski definition) is 8. The second kappa shape index (κ2) is 12.6. The van der Waals surface area contributed by atoms with Crippen LogP contribution in [0.25, 0.3) is 10.9 Å². The number of aliphatic hydroxyl groups excluding tert-OH is 1. The Bertz CT molecular complexity index is 1150. The molecule has 0 radical (unpaired) electrons. The maximum absolute atomic E-state index is 11.4. The molecule has 0 atom stereocenters. The lowest BCUT2D eigenvalue weighted by molar-refractivity contribution is -0.139. The van der Waals surface area contributed by atoms with Crippen LogP contribution in [-0.4, -0.2) is 39.0 Å². The lowest BCUT2D eigenvalue weighted by Crippen LogP contribution is -2.07. The van der Waals surface area contributed by atoms with Gasteiger partial charge in [0, 0.05) is 14.3 Å². The molecule has 9 nitrogen and oxygen atoms in total. The van der Waals surface area contributed by atoms with Crippen LogP contribution >= 0.6 is 31.9 Å². The number of halogens is 2. The SMILES string of the molecule is CCCOC(=O)/C(=C\O)N=Nc1ccc(Br)cc1.O=C(O)c1cc2cc(Br)ccc2nn1. The highest BCUT2D eigenvalue weighted by molar-refractivity contribution is 9.10. The predicted molar refractivity (Wildman–Crippen MR) is 125 cm³/mol. The number of carbonyl (C=O) groups is 2.